The SMILES string of the molecule is CCNC(=NCc1cccc(COCCOCC)c1)NCc1cccc(F)c1.I. The average molecular weight is 515 g/mol. The van der Waals surface area contributed by atoms with Crippen molar-refractivity contribution in [3.05, 3.63) is 71.0 Å². The Labute approximate surface area is 190 Å². The van der Waals surface area contributed by atoms with Gasteiger partial charge in [0.05, 0.1) is 26.4 Å². The maximum Gasteiger partial charge on any atom is 0.191 e. The zero-order valence-electron chi connectivity index (χ0n) is 17.1. The van der Waals surface area contributed by atoms with E-state index in [-0.39, 0.29) is 29.8 Å². The van der Waals surface area contributed by atoms with E-state index in [4.69, 9.17) is 9.47 Å². The maximum absolute atomic E-state index is 13.3. The van der Waals surface area contributed by atoms with E-state index in [0.717, 1.165) is 23.2 Å². The Morgan fingerprint density at radius 3 is 2.41 bits per heavy atom. The molecule has 2 aromatic carbocycles. The van der Waals surface area contributed by atoms with Crippen molar-refractivity contribution < 1.29 is 13.9 Å². The molecule has 0 aliphatic carbocycles. The smallest absolute Gasteiger partial charge is 0.191 e. The summed E-state index contributed by atoms with van der Waals surface area (Å²) in [5.41, 5.74) is 3.09. The van der Waals surface area contributed by atoms with Crippen LogP contribution in [0.15, 0.2) is 53.5 Å². The third-order valence-electron chi connectivity index (χ3n) is 3.95. The van der Waals surface area contributed by atoms with Crippen molar-refractivity contribution in [2.45, 2.75) is 33.5 Å². The van der Waals surface area contributed by atoms with Crippen LogP contribution in [0.4, 0.5) is 4.39 Å². The van der Waals surface area contributed by atoms with E-state index in [2.05, 4.69) is 21.7 Å². The van der Waals surface area contributed by atoms with Crippen molar-refractivity contribution in [2.24, 2.45) is 4.99 Å². The summed E-state index contributed by atoms with van der Waals surface area (Å²) in [6, 6.07) is 14.7. The molecular formula is C22H31FIN3O2. The van der Waals surface area contributed by atoms with Gasteiger partial charge in [0.15, 0.2) is 5.96 Å². The van der Waals surface area contributed by atoms with Crippen LogP contribution in [-0.2, 0) is 29.2 Å². The first-order valence-electron chi connectivity index (χ1n) is 9.71. The van der Waals surface area contributed by atoms with E-state index in [1.807, 2.05) is 38.1 Å². The highest BCUT2D eigenvalue weighted by Crippen LogP contribution is 2.08. The third-order valence-corrected chi connectivity index (χ3v) is 3.95. The van der Waals surface area contributed by atoms with Crippen molar-refractivity contribution in [2.75, 3.05) is 26.4 Å². The number of ether oxygens (including phenoxy) is 2. The zero-order chi connectivity index (χ0) is 20.0. The normalized spacial score (nSPS) is 11.1. The molecule has 0 amide bonds. The van der Waals surface area contributed by atoms with Crippen LogP contribution in [0.2, 0.25) is 0 Å². The van der Waals surface area contributed by atoms with Crippen LogP contribution in [0.1, 0.15) is 30.5 Å². The van der Waals surface area contributed by atoms with Crippen LogP contribution in [0.25, 0.3) is 0 Å². The fourth-order valence-corrected chi connectivity index (χ4v) is 2.61. The number of hydrogen-bond donors (Lipinski definition) is 2. The number of benzene rings is 2. The molecule has 7 heteroatoms. The minimum atomic E-state index is -0.235. The molecule has 160 valence electrons. The first-order chi connectivity index (χ1) is 13.7. The monoisotopic (exact) mass is 515 g/mol. The summed E-state index contributed by atoms with van der Waals surface area (Å²) in [6.07, 6.45) is 0. The van der Waals surface area contributed by atoms with Crippen molar-refractivity contribution in [1.29, 1.82) is 0 Å². The van der Waals surface area contributed by atoms with Gasteiger partial charge in [-0.3, -0.25) is 0 Å². The van der Waals surface area contributed by atoms with Gasteiger partial charge in [-0.2, -0.15) is 0 Å². The Morgan fingerprint density at radius 1 is 0.931 bits per heavy atom. The standard InChI is InChI=1S/C22H30FN3O2.HI/c1-3-24-22(26-16-19-8-6-10-21(23)14-19)25-15-18-7-5-9-20(13-18)17-28-12-11-27-4-2;/h5-10,13-14H,3-4,11-12,15-17H2,1-2H3,(H2,24,25,26);1H. The lowest BCUT2D eigenvalue weighted by atomic mass is 10.1. The number of hydrogen-bond acceptors (Lipinski definition) is 3. The Bertz CT molecular complexity index is 744. The molecule has 2 aromatic rings. The lowest BCUT2D eigenvalue weighted by molar-refractivity contribution is 0.0453. The van der Waals surface area contributed by atoms with E-state index in [1.54, 1.807) is 6.07 Å². The second-order valence-electron chi connectivity index (χ2n) is 6.25. The highest BCUT2D eigenvalue weighted by atomic mass is 127. The number of aliphatic imine (C=N–C) groups is 1. The summed E-state index contributed by atoms with van der Waals surface area (Å²) in [5.74, 6) is 0.464. The number of guanidine groups is 1. The van der Waals surface area contributed by atoms with Crippen molar-refractivity contribution in [3.63, 3.8) is 0 Å². The fraction of sp³-hybridized carbons (Fsp3) is 0.409. The van der Waals surface area contributed by atoms with Crippen molar-refractivity contribution in [1.82, 2.24) is 10.6 Å². The summed E-state index contributed by atoms with van der Waals surface area (Å²) >= 11 is 0. The summed E-state index contributed by atoms with van der Waals surface area (Å²) < 4.78 is 24.2. The Morgan fingerprint density at radius 2 is 1.66 bits per heavy atom. The third kappa shape index (κ3) is 10.6. The molecule has 29 heavy (non-hydrogen) atoms. The molecule has 0 aliphatic heterocycles. The molecule has 5 nitrogen and oxygen atoms in total. The number of nitrogens with one attached hydrogen (secondary N) is 2. The fourth-order valence-electron chi connectivity index (χ4n) is 2.61. The van der Waals surface area contributed by atoms with Crippen LogP contribution in [0.3, 0.4) is 0 Å². The van der Waals surface area contributed by atoms with E-state index in [9.17, 15) is 4.39 Å². The molecule has 0 unspecified atom stereocenters. The molecule has 2 N–H and O–H groups in total. The number of rotatable bonds is 11. The van der Waals surface area contributed by atoms with Gasteiger partial charge in [-0.1, -0.05) is 36.4 Å². The Hall–Kier alpha value is -1.71. The molecule has 0 heterocycles. The van der Waals surface area contributed by atoms with E-state index in [0.29, 0.717) is 45.5 Å². The van der Waals surface area contributed by atoms with Gasteiger partial charge in [-0.15, -0.1) is 24.0 Å². The highest BCUT2D eigenvalue weighted by Gasteiger charge is 2.01. The van der Waals surface area contributed by atoms with E-state index < -0.39 is 0 Å². The lowest BCUT2D eigenvalue weighted by Crippen LogP contribution is -2.36. The molecule has 0 aliphatic rings. The van der Waals surface area contributed by atoms with Crippen LogP contribution < -0.4 is 10.6 Å². The Kier molecular flexibility index (Phi) is 13.3. The van der Waals surface area contributed by atoms with Crippen LogP contribution in [-0.4, -0.2) is 32.3 Å². The molecule has 0 atom stereocenters. The molecule has 0 saturated heterocycles. The predicted octanol–water partition coefficient (Wildman–Crippen LogP) is 4.25. The summed E-state index contributed by atoms with van der Waals surface area (Å²) in [7, 11) is 0. The number of halogens is 2. The van der Waals surface area contributed by atoms with Gasteiger partial charge in [0.1, 0.15) is 5.82 Å². The van der Waals surface area contributed by atoms with Crippen molar-refractivity contribution >= 4 is 29.9 Å². The lowest BCUT2D eigenvalue weighted by Gasteiger charge is -2.12. The first kappa shape index (κ1) is 25.3. The van der Waals surface area contributed by atoms with E-state index >= 15 is 0 Å². The maximum atomic E-state index is 13.3. The topological polar surface area (TPSA) is 54.9 Å². The minimum absolute atomic E-state index is 0. The Balaban J connectivity index is 0.00000420. The van der Waals surface area contributed by atoms with Gasteiger partial charge < -0.3 is 20.1 Å². The second-order valence-corrected chi connectivity index (χ2v) is 6.25. The quantitative estimate of drug-likeness (QED) is 0.203. The molecule has 0 bridgehead atoms. The second kappa shape index (κ2) is 15.2. The molecule has 0 fully saturated rings. The van der Waals surface area contributed by atoms with Gasteiger partial charge in [0.25, 0.3) is 0 Å². The van der Waals surface area contributed by atoms with E-state index in [1.165, 1.54) is 12.1 Å². The predicted molar refractivity (Wildman–Crippen MR) is 126 cm³/mol. The van der Waals surface area contributed by atoms with Gasteiger partial charge in [-0.25, -0.2) is 9.38 Å². The minimum Gasteiger partial charge on any atom is -0.379 e. The van der Waals surface area contributed by atoms with Gasteiger partial charge in [0.2, 0.25) is 0 Å². The van der Waals surface area contributed by atoms with Gasteiger partial charge in [0, 0.05) is 19.7 Å². The molecule has 0 saturated carbocycles. The van der Waals surface area contributed by atoms with Crippen LogP contribution >= 0.6 is 24.0 Å². The average Bonchev–Trinajstić information content (AvgIpc) is 2.70. The first-order valence-corrected chi connectivity index (χ1v) is 9.71. The zero-order valence-corrected chi connectivity index (χ0v) is 19.4. The highest BCUT2D eigenvalue weighted by molar-refractivity contribution is 14.0. The van der Waals surface area contributed by atoms with Crippen LogP contribution in [0.5, 0.6) is 0 Å². The molecule has 0 aromatic heterocycles. The van der Waals surface area contributed by atoms with Gasteiger partial charge in [-0.05, 0) is 42.7 Å². The number of nitrogens with zero attached hydrogens (tertiary/aromatic N) is 1. The van der Waals surface area contributed by atoms with Gasteiger partial charge >= 0.3 is 0 Å². The summed E-state index contributed by atoms with van der Waals surface area (Å²) in [4.78, 5) is 4.62. The summed E-state index contributed by atoms with van der Waals surface area (Å²) in [5, 5.41) is 6.45. The molecule has 0 spiro atoms. The molecule has 0 radical (unpaired) electrons. The van der Waals surface area contributed by atoms with Crippen molar-refractivity contribution in [3.8, 4) is 0 Å². The largest absolute Gasteiger partial charge is 0.379 e. The van der Waals surface area contributed by atoms with Crippen LogP contribution in [0, 0.1) is 5.82 Å². The molecular weight excluding hydrogens is 484 g/mol. The molecule has 2 rings (SSSR count). The summed E-state index contributed by atoms with van der Waals surface area (Å²) in [6.45, 7) is 8.26.